The Bertz CT molecular complexity index is 1570. The van der Waals surface area contributed by atoms with Crippen molar-refractivity contribution in [2.24, 2.45) is 0 Å². The summed E-state index contributed by atoms with van der Waals surface area (Å²) >= 11 is 5.31. The average molecular weight is 477 g/mol. The van der Waals surface area contributed by atoms with Gasteiger partial charge in [-0.25, -0.2) is 0 Å². The van der Waals surface area contributed by atoms with E-state index in [0.717, 1.165) is 27.6 Å². The number of nitrogens with one attached hydrogen (secondary N) is 1. The van der Waals surface area contributed by atoms with Crippen molar-refractivity contribution < 1.29 is 9.59 Å². The predicted octanol–water partition coefficient (Wildman–Crippen LogP) is 4.70. The monoisotopic (exact) mass is 476 g/mol. The molecule has 0 unspecified atom stereocenters. The number of aromatic nitrogens is 1. The molecular formula is C28H20N4O2S. The van der Waals surface area contributed by atoms with Gasteiger partial charge in [-0.3, -0.25) is 19.8 Å². The van der Waals surface area contributed by atoms with Crippen molar-refractivity contribution >= 4 is 51.8 Å². The average Bonchev–Trinajstić information content (AvgIpc) is 3.20. The van der Waals surface area contributed by atoms with Gasteiger partial charge in [0, 0.05) is 29.2 Å². The van der Waals surface area contributed by atoms with Gasteiger partial charge in [0.2, 0.25) is 0 Å². The standard InChI is InChI=1S/C28H20N4O2S/c1-18-10-12-22(13-11-18)32-27(34)24(26(33)30-28(32)35)14-21-17-31(25-9-5-4-8-23(21)25)16-20-7-3-2-6-19(20)15-29/h2-14,17H,16H2,1H3,(H,30,33,35)/b24-14+. The Morgan fingerprint density at radius 1 is 1.00 bits per heavy atom. The molecule has 0 atom stereocenters. The molecule has 1 aliphatic rings. The third-order valence-electron chi connectivity index (χ3n) is 5.99. The van der Waals surface area contributed by atoms with Gasteiger partial charge >= 0.3 is 0 Å². The molecule has 5 rings (SSSR count). The molecule has 2 heterocycles. The number of thiocarbonyl (C=S) groups is 1. The molecule has 6 nitrogen and oxygen atoms in total. The number of benzene rings is 3. The number of hydrogen-bond acceptors (Lipinski definition) is 4. The van der Waals surface area contributed by atoms with Crippen LogP contribution in [-0.2, 0) is 16.1 Å². The van der Waals surface area contributed by atoms with Crippen LogP contribution in [0.5, 0.6) is 0 Å². The van der Waals surface area contributed by atoms with Crippen LogP contribution in [0, 0.1) is 18.3 Å². The Labute approximate surface area is 207 Å². The zero-order chi connectivity index (χ0) is 24.5. The SMILES string of the molecule is Cc1ccc(N2C(=O)/C(=C/c3cn(Cc4ccccc4C#N)c4ccccc34)C(=O)NC2=S)cc1. The van der Waals surface area contributed by atoms with Crippen LogP contribution in [0.3, 0.4) is 0 Å². The van der Waals surface area contributed by atoms with Gasteiger partial charge in [-0.1, -0.05) is 54.1 Å². The molecule has 1 N–H and O–H groups in total. The topological polar surface area (TPSA) is 78.1 Å². The van der Waals surface area contributed by atoms with Crippen LogP contribution in [0.4, 0.5) is 5.69 Å². The molecule has 1 aliphatic heterocycles. The van der Waals surface area contributed by atoms with E-state index < -0.39 is 11.8 Å². The highest BCUT2D eigenvalue weighted by atomic mass is 32.1. The Kier molecular flexibility index (Phi) is 5.73. The Morgan fingerprint density at radius 3 is 2.49 bits per heavy atom. The second kappa shape index (κ2) is 9.01. The Morgan fingerprint density at radius 2 is 1.71 bits per heavy atom. The summed E-state index contributed by atoms with van der Waals surface area (Å²) in [7, 11) is 0. The lowest BCUT2D eigenvalue weighted by Gasteiger charge is -2.29. The number of nitrogens with zero attached hydrogens (tertiary/aromatic N) is 3. The lowest BCUT2D eigenvalue weighted by atomic mass is 10.1. The molecule has 2 amide bonds. The minimum Gasteiger partial charge on any atom is -0.342 e. The Balaban J connectivity index is 1.58. The summed E-state index contributed by atoms with van der Waals surface area (Å²) in [6, 6.07) is 24.8. The first-order chi connectivity index (χ1) is 17.0. The highest BCUT2D eigenvalue weighted by Crippen LogP contribution is 2.27. The van der Waals surface area contributed by atoms with E-state index in [1.54, 1.807) is 24.3 Å². The second-order valence-electron chi connectivity index (χ2n) is 8.29. The van der Waals surface area contributed by atoms with Crippen LogP contribution in [0.2, 0.25) is 0 Å². The summed E-state index contributed by atoms with van der Waals surface area (Å²) in [6.45, 7) is 2.44. The van der Waals surface area contributed by atoms with Crippen LogP contribution in [0.15, 0.2) is 84.6 Å². The number of fused-ring (bicyclic) bond motifs is 1. The van der Waals surface area contributed by atoms with Crippen LogP contribution in [0.1, 0.15) is 22.3 Å². The maximum Gasteiger partial charge on any atom is 0.270 e. The van der Waals surface area contributed by atoms with Crippen LogP contribution >= 0.6 is 12.2 Å². The largest absolute Gasteiger partial charge is 0.342 e. The van der Waals surface area contributed by atoms with Crippen LogP contribution in [0.25, 0.3) is 17.0 Å². The number of carbonyl (C=O) groups excluding carboxylic acids is 2. The van der Waals surface area contributed by atoms with Crippen LogP contribution in [-0.4, -0.2) is 21.5 Å². The summed E-state index contributed by atoms with van der Waals surface area (Å²) in [5.41, 5.74) is 4.79. The van der Waals surface area contributed by atoms with E-state index in [2.05, 4.69) is 11.4 Å². The third-order valence-corrected chi connectivity index (χ3v) is 6.28. The zero-order valence-electron chi connectivity index (χ0n) is 18.9. The van der Waals surface area contributed by atoms with Crippen molar-refractivity contribution in [2.75, 3.05) is 4.90 Å². The quantitative estimate of drug-likeness (QED) is 0.263. The maximum absolute atomic E-state index is 13.4. The van der Waals surface area contributed by atoms with E-state index in [4.69, 9.17) is 12.2 Å². The fourth-order valence-electron chi connectivity index (χ4n) is 4.21. The van der Waals surface area contributed by atoms with Gasteiger partial charge in [-0.05, 0) is 55.0 Å². The van der Waals surface area contributed by atoms with E-state index in [9.17, 15) is 14.9 Å². The lowest BCUT2D eigenvalue weighted by molar-refractivity contribution is -0.122. The van der Waals surface area contributed by atoms with Gasteiger partial charge in [0.15, 0.2) is 5.11 Å². The molecule has 0 saturated carbocycles. The first-order valence-corrected chi connectivity index (χ1v) is 11.4. The molecule has 0 radical (unpaired) electrons. The highest BCUT2D eigenvalue weighted by Gasteiger charge is 2.34. The molecule has 0 spiro atoms. The molecule has 0 bridgehead atoms. The van der Waals surface area contributed by atoms with Crippen molar-refractivity contribution in [2.45, 2.75) is 13.5 Å². The summed E-state index contributed by atoms with van der Waals surface area (Å²) in [5.74, 6) is -1.01. The first kappa shape index (κ1) is 22.3. The zero-order valence-corrected chi connectivity index (χ0v) is 19.7. The van der Waals surface area contributed by atoms with Crippen molar-refractivity contribution in [3.8, 4) is 6.07 Å². The summed E-state index contributed by atoms with van der Waals surface area (Å²) in [5, 5.41) is 13.1. The summed E-state index contributed by atoms with van der Waals surface area (Å²) in [6.07, 6.45) is 3.51. The number of carbonyl (C=O) groups is 2. The maximum atomic E-state index is 13.4. The van der Waals surface area contributed by atoms with Gasteiger partial charge in [0.05, 0.1) is 17.3 Å². The minimum atomic E-state index is -0.532. The number of hydrogen-bond donors (Lipinski definition) is 1. The molecular weight excluding hydrogens is 456 g/mol. The third kappa shape index (κ3) is 4.12. The first-order valence-electron chi connectivity index (χ1n) is 11.0. The van der Waals surface area contributed by atoms with Crippen molar-refractivity contribution in [1.82, 2.24) is 9.88 Å². The Hall–Kier alpha value is -4.54. The molecule has 1 fully saturated rings. The van der Waals surface area contributed by atoms with Gasteiger partial charge in [0.25, 0.3) is 11.8 Å². The van der Waals surface area contributed by atoms with E-state index in [-0.39, 0.29) is 10.7 Å². The number of para-hydroxylation sites is 1. The van der Waals surface area contributed by atoms with E-state index in [1.807, 2.05) is 72.3 Å². The second-order valence-corrected chi connectivity index (χ2v) is 8.68. The molecule has 1 aromatic heterocycles. The number of anilines is 1. The molecule has 4 aromatic rings. The van der Waals surface area contributed by atoms with E-state index in [1.165, 1.54) is 4.90 Å². The molecule has 0 aliphatic carbocycles. The molecule has 3 aromatic carbocycles. The van der Waals surface area contributed by atoms with Gasteiger partial charge in [-0.15, -0.1) is 0 Å². The normalized spacial score (nSPS) is 14.9. The predicted molar refractivity (Wildman–Crippen MR) is 140 cm³/mol. The van der Waals surface area contributed by atoms with Gasteiger partial charge < -0.3 is 4.57 Å². The smallest absolute Gasteiger partial charge is 0.270 e. The lowest BCUT2D eigenvalue weighted by Crippen LogP contribution is -2.54. The minimum absolute atomic E-state index is 0.000460. The summed E-state index contributed by atoms with van der Waals surface area (Å²) < 4.78 is 2.02. The number of nitriles is 1. The number of amides is 2. The number of rotatable bonds is 4. The highest BCUT2D eigenvalue weighted by molar-refractivity contribution is 7.80. The van der Waals surface area contributed by atoms with Crippen LogP contribution < -0.4 is 10.2 Å². The fraction of sp³-hybridized carbons (Fsp3) is 0.0714. The fourth-order valence-corrected chi connectivity index (χ4v) is 4.49. The van der Waals surface area contributed by atoms with Gasteiger partial charge in [-0.2, -0.15) is 5.26 Å². The van der Waals surface area contributed by atoms with Crippen molar-refractivity contribution in [3.63, 3.8) is 0 Å². The van der Waals surface area contributed by atoms with E-state index >= 15 is 0 Å². The van der Waals surface area contributed by atoms with Crippen molar-refractivity contribution in [1.29, 1.82) is 5.26 Å². The molecule has 170 valence electrons. The summed E-state index contributed by atoms with van der Waals surface area (Å²) in [4.78, 5) is 27.6. The van der Waals surface area contributed by atoms with Crippen molar-refractivity contribution in [3.05, 3.63) is 107 Å². The molecule has 1 saturated heterocycles. The van der Waals surface area contributed by atoms with Gasteiger partial charge in [0.1, 0.15) is 5.57 Å². The molecule has 35 heavy (non-hydrogen) atoms. The number of aryl methyl sites for hydroxylation is 1. The van der Waals surface area contributed by atoms with E-state index in [0.29, 0.717) is 17.8 Å². The molecule has 7 heteroatoms.